The summed E-state index contributed by atoms with van der Waals surface area (Å²) in [5.74, 6) is -1.33. The molecule has 3 rings (SSSR count). The zero-order chi connectivity index (χ0) is 26.6. The number of ether oxygens (including phenoxy) is 1. The normalized spacial score (nSPS) is 19.2. The fourth-order valence-corrected chi connectivity index (χ4v) is 4.74. The molecule has 0 bridgehead atoms. The Labute approximate surface area is 211 Å². The summed E-state index contributed by atoms with van der Waals surface area (Å²) in [5, 5.41) is 18.9. The van der Waals surface area contributed by atoms with Gasteiger partial charge in [0.1, 0.15) is 6.10 Å². The average molecular weight is 520 g/mol. The summed E-state index contributed by atoms with van der Waals surface area (Å²) >= 11 is 0. The molecule has 1 aliphatic rings. The Hall–Kier alpha value is -3.15. The number of aromatic carboxylic acids is 1. The number of nitrogens with one attached hydrogen (secondary N) is 1. The van der Waals surface area contributed by atoms with Crippen LogP contribution in [0.1, 0.15) is 40.1 Å². The lowest BCUT2D eigenvalue weighted by molar-refractivity contribution is 0.0344. The molecule has 0 radical (unpaired) electrons. The van der Waals surface area contributed by atoms with Gasteiger partial charge in [-0.1, -0.05) is 25.1 Å². The second kappa shape index (κ2) is 11.3. The van der Waals surface area contributed by atoms with Crippen molar-refractivity contribution in [1.82, 2.24) is 9.80 Å². The molecule has 0 unspecified atom stereocenters. The number of nitrogens with zero attached hydrogens (tertiary/aromatic N) is 2. The molecule has 1 amide bonds. The standard InChI is InChI=1S/C25H33N3O7S/c1-16-12-28(17(2)15-29)24(30)20-6-5-7-21(26-36(4,33)34)23(20)35-22(16)14-27(3)13-18-8-10-19(11-9-18)25(31)32/h5-11,16-17,22,26,29H,12-15H2,1-4H3,(H,31,32)/t16-,17+,22-/m0/s1. The zero-order valence-corrected chi connectivity index (χ0v) is 21.7. The predicted octanol–water partition coefficient (Wildman–Crippen LogP) is 2.11. The van der Waals surface area contributed by atoms with E-state index in [0.29, 0.717) is 19.6 Å². The maximum Gasteiger partial charge on any atom is 0.335 e. The highest BCUT2D eigenvalue weighted by molar-refractivity contribution is 7.92. The molecule has 10 nitrogen and oxygen atoms in total. The Morgan fingerprint density at radius 2 is 1.92 bits per heavy atom. The van der Waals surface area contributed by atoms with E-state index in [9.17, 15) is 23.1 Å². The number of sulfonamides is 1. The minimum absolute atomic E-state index is 0.152. The molecule has 3 N–H and O–H groups in total. The topological polar surface area (TPSA) is 136 Å². The summed E-state index contributed by atoms with van der Waals surface area (Å²) in [5.41, 5.74) is 1.52. The molecule has 0 spiro atoms. The van der Waals surface area contributed by atoms with Crippen LogP contribution in [0.5, 0.6) is 5.75 Å². The van der Waals surface area contributed by atoms with Crippen molar-refractivity contribution in [2.45, 2.75) is 32.5 Å². The number of carboxylic acids is 1. The lowest BCUT2D eigenvalue weighted by Crippen LogP contribution is -2.49. The van der Waals surface area contributed by atoms with Gasteiger partial charge in [-0.15, -0.1) is 0 Å². The van der Waals surface area contributed by atoms with E-state index in [4.69, 9.17) is 9.84 Å². The Bertz CT molecular complexity index is 1200. The summed E-state index contributed by atoms with van der Waals surface area (Å²) in [6.45, 7) is 4.81. The largest absolute Gasteiger partial charge is 0.486 e. The first-order valence-corrected chi connectivity index (χ1v) is 13.5. The first kappa shape index (κ1) is 27.4. The third-order valence-corrected chi connectivity index (χ3v) is 6.72. The van der Waals surface area contributed by atoms with Crippen LogP contribution in [-0.4, -0.2) is 85.5 Å². The number of hydrogen-bond donors (Lipinski definition) is 3. The molecular formula is C25H33N3O7S. The quantitative estimate of drug-likeness (QED) is 0.458. The summed E-state index contributed by atoms with van der Waals surface area (Å²) in [4.78, 5) is 28.1. The molecule has 196 valence electrons. The third-order valence-electron chi connectivity index (χ3n) is 6.13. The number of benzene rings is 2. The van der Waals surface area contributed by atoms with Crippen LogP contribution in [0.25, 0.3) is 0 Å². The smallest absolute Gasteiger partial charge is 0.335 e. The second-order valence-corrected chi connectivity index (χ2v) is 11.1. The number of carbonyl (C=O) groups is 2. The number of aliphatic hydroxyl groups is 1. The summed E-state index contributed by atoms with van der Waals surface area (Å²) in [6.07, 6.45) is 0.608. The van der Waals surface area contributed by atoms with Gasteiger partial charge in [-0.05, 0) is 43.8 Å². The number of carbonyl (C=O) groups excluding carboxylic acids is 1. The number of aliphatic hydroxyl groups excluding tert-OH is 1. The van der Waals surface area contributed by atoms with Crippen molar-refractivity contribution in [2.75, 3.05) is 37.7 Å². The van der Waals surface area contributed by atoms with Gasteiger partial charge >= 0.3 is 5.97 Å². The molecule has 36 heavy (non-hydrogen) atoms. The molecule has 0 aromatic heterocycles. The highest BCUT2D eigenvalue weighted by atomic mass is 32.2. The molecular weight excluding hydrogens is 486 g/mol. The van der Waals surface area contributed by atoms with Crippen LogP contribution in [0.15, 0.2) is 42.5 Å². The number of hydrogen-bond acceptors (Lipinski definition) is 7. The van der Waals surface area contributed by atoms with Gasteiger partial charge in [-0.3, -0.25) is 14.4 Å². The van der Waals surface area contributed by atoms with Gasteiger partial charge in [0.25, 0.3) is 5.91 Å². The maximum absolute atomic E-state index is 13.4. The Morgan fingerprint density at radius 3 is 2.50 bits per heavy atom. The van der Waals surface area contributed by atoms with Gasteiger partial charge in [-0.2, -0.15) is 0 Å². The fraction of sp³-hybridized carbons (Fsp3) is 0.440. The van der Waals surface area contributed by atoms with Crippen LogP contribution in [-0.2, 0) is 16.6 Å². The number of amides is 1. The van der Waals surface area contributed by atoms with E-state index in [0.717, 1.165) is 11.8 Å². The molecule has 0 saturated heterocycles. The molecule has 2 aromatic carbocycles. The molecule has 0 saturated carbocycles. The minimum atomic E-state index is -3.64. The van der Waals surface area contributed by atoms with Crippen molar-refractivity contribution in [3.8, 4) is 5.75 Å². The van der Waals surface area contributed by atoms with E-state index in [1.54, 1.807) is 54.3 Å². The highest BCUT2D eigenvalue weighted by Crippen LogP contribution is 2.35. The molecule has 2 aromatic rings. The number of carboxylic acid groups (broad SMARTS) is 1. The van der Waals surface area contributed by atoms with Crippen LogP contribution < -0.4 is 9.46 Å². The monoisotopic (exact) mass is 519 g/mol. The van der Waals surface area contributed by atoms with E-state index < -0.39 is 28.1 Å². The minimum Gasteiger partial charge on any atom is -0.486 e. The number of likely N-dealkylation sites (N-methyl/N-ethyl adjacent to an activating group) is 1. The van der Waals surface area contributed by atoms with Gasteiger partial charge < -0.3 is 19.8 Å². The first-order valence-electron chi connectivity index (χ1n) is 11.6. The molecule has 0 aliphatic carbocycles. The van der Waals surface area contributed by atoms with Gasteiger partial charge in [0.2, 0.25) is 10.0 Å². The van der Waals surface area contributed by atoms with E-state index in [1.807, 2.05) is 18.9 Å². The van der Waals surface area contributed by atoms with Crippen LogP contribution in [0, 0.1) is 5.92 Å². The Balaban J connectivity index is 1.93. The number of anilines is 1. The lowest BCUT2D eigenvalue weighted by Gasteiger charge is -2.38. The van der Waals surface area contributed by atoms with Crippen molar-refractivity contribution in [3.05, 3.63) is 59.2 Å². The van der Waals surface area contributed by atoms with E-state index in [2.05, 4.69) is 4.72 Å². The molecule has 1 heterocycles. The molecule has 0 fully saturated rings. The van der Waals surface area contributed by atoms with Crippen LogP contribution in [0.3, 0.4) is 0 Å². The maximum atomic E-state index is 13.4. The van der Waals surface area contributed by atoms with Gasteiger partial charge in [-0.25, -0.2) is 13.2 Å². The molecule has 3 atom stereocenters. The highest BCUT2D eigenvalue weighted by Gasteiger charge is 2.34. The predicted molar refractivity (Wildman–Crippen MR) is 136 cm³/mol. The van der Waals surface area contributed by atoms with Crippen molar-refractivity contribution >= 4 is 27.6 Å². The third kappa shape index (κ3) is 6.74. The lowest BCUT2D eigenvalue weighted by atomic mass is 9.99. The van der Waals surface area contributed by atoms with Crippen molar-refractivity contribution in [1.29, 1.82) is 0 Å². The Morgan fingerprint density at radius 1 is 1.25 bits per heavy atom. The van der Waals surface area contributed by atoms with Gasteiger partial charge in [0.15, 0.2) is 5.75 Å². The van der Waals surface area contributed by atoms with Crippen LogP contribution >= 0.6 is 0 Å². The van der Waals surface area contributed by atoms with Crippen LogP contribution in [0.4, 0.5) is 5.69 Å². The van der Waals surface area contributed by atoms with Crippen molar-refractivity contribution in [3.63, 3.8) is 0 Å². The zero-order valence-electron chi connectivity index (χ0n) is 20.8. The number of fused-ring (bicyclic) bond motifs is 1. The molecule has 11 heteroatoms. The second-order valence-electron chi connectivity index (χ2n) is 9.38. The van der Waals surface area contributed by atoms with E-state index in [1.165, 1.54) is 0 Å². The van der Waals surface area contributed by atoms with E-state index >= 15 is 0 Å². The summed E-state index contributed by atoms with van der Waals surface area (Å²) in [7, 11) is -1.73. The van der Waals surface area contributed by atoms with Gasteiger partial charge in [0, 0.05) is 25.6 Å². The number of para-hydroxylation sites is 1. The first-order chi connectivity index (χ1) is 16.9. The summed E-state index contributed by atoms with van der Waals surface area (Å²) in [6, 6.07) is 10.9. The fourth-order valence-electron chi connectivity index (χ4n) is 4.18. The molecule has 1 aliphatic heterocycles. The van der Waals surface area contributed by atoms with E-state index in [-0.39, 0.29) is 41.0 Å². The Kier molecular flexibility index (Phi) is 8.59. The summed E-state index contributed by atoms with van der Waals surface area (Å²) < 4.78 is 32.8. The SMILES string of the molecule is C[C@H](CO)N1C[C@H](C)[C@H](CN(C)Cc2ccc(C(=O)O)cc2)Oc2c(NS(C)(=O)=O)cccc2C1=O. The average Bonchev–Trinajstić information content (AvgIpc) is 2.80. The van der Waals surface area contributed by atoms with Crippen molar-refractivity contribution in [2.24, 2.45) is 5.92 Å². The van der Waals surface area contributed by atoms with Crippen molar-refractivity contribution < 1.29 is 33.0 Å². The number of rotatable bonds is 9. The van der Waals surface area contributed by atoms with Gasteiger partial charge in [0.05, 0.1) is 35.7 Å². The van der Waals surface area contributed by atoms with Crippen LogP contribution in [0.2, 0.25) is 0 Å².